The van der Waals surface area contributed by atoms with Crippen LogP contribution in [0.3, 0.4) is 0 Å². The Bertz CT molecular complexity index is 1180. The van der Waals surface area contributed by atoms with Crippen LogP contribution in [0.15, 0.2) is 47.4 Å². The Morgan fingerprint density at radius 2 is 1.85 bits per heavy atom. The summed E-state index contributed by atoms with van der Waals surface area (Å²) >= 11 is 7.97. The van der Waals surface area contributed by atoms with Crippen molar-refractivity contribution in [1.29, 1.82) is 0 Å². The molecule has 3 aromatic rings. The van der Waals surface area contributed by atoms with E-state index in [0.29, 0.717) is 6.54 Å². The summed E-state index contributed by atoms with van der Waals surface area (Å²) in [6.45, 7) is 6.75. The number of carbonyl (C=O) groups is 1. The number of hydrogen-bond donors (Lipinski definition) is 1. The number of nitrogens with one attached hydrogen (secondary N) is 1. The van der Waals surface area contributed by atoms with Crippen molar-refractivity contribution >= 4 is 54.0 Å². The van der Waals surface area contributed by atoms with Gasteiger partial charge in [-0.15, -0.1) is 0 Å². The number of amides is 1. The molecule has 0 saturated carbocycles. The van der Waals surface area contributed by atoms with Crippen molar-refractivity contribution in [3.8, 4) is 0 Å². The molecule has 0 spiro atoms. The fraction of sp³-hybridized carbons (Fsp3) is 0.391. The summed E-state index contributed by atoms with van der Waals surface area (Å²) in [5.41, 5.74) is 2.10. The number of fused-ring (bicyclic) bond motifs is 1. The minimum atomic E-state index is -3.44. The summed E-state index contributed by atoms with van der Waals surface area (Å²) in [6.07, 6.45) is -0.0371. The van der Waals surface area contributed by atoms with Gasteiger partial charge in [0.05, 0.1) is 25.9 Å². The standard InChI is InChI=1S/C23H27ClN4O3S2/c1-17-7-8-19(24)22-21(17)26-23(32-22)28-14-12-27(13-15-28)11-10-25-20(29)9-16-33(30,31)18-5-3-2-4-6-18/h2-8H,9-16H2,1H3,(H,25,29). The average molecular weight is 507 g/mol. The van der Waals surface area contributed by atoms with Crippen molar-refractivity contribution in [2.24, 2.45) is 0 Å². The zero-order valence-corrected chi connectivity index (χ0v) is 20.8. The van der Waals surface area contributed by atoms with Crippen LogP contribution in [0.5, 0.6) is 0 Å². The van der Waals surface area contributed by atoms with Gasteiger partial charge in [0.15, 0.2) is 15.0 Å². The molecule has 2 aromatic carbocycles. The van der Waals surface area contributed by atoms with Gasteiger partial charge in [-0.1, -0.05) is 47.2 Å². The van der Waals surface area contributed by atoms with Gasteiger partial charge in [-0.25, -0.2) is 13.4 Å². The minimum Gasteiger partial charge on any atom is -0.355 e. The first-order valence-electron chi connectivity index (χ1n) is 10.9. The Morgan fingerprint density at radius 3 is 2.55 bits per heavy atom. The Morgan fingerprint density at radius 1 is 1.12 bits per heavy atom. The van der Waals surface area contributed by atoms with E-state index in [-0.39, 0.29) is 23.0 Å². The summed E-state index contributed by atoms with van der Waals surface area (Å²) in [7, 11) is -3.44. The number of hydrogen-bond acceptors (Lipinski definition) is 7. The van der Waals surface area contributed by atoms with E-state index >= 15 is 0 Å². The van der Waals surface area contributed by atoms with Gasteiger partial charge in [0.1, 0.15) is 0 Å². The third-order valence-electron chi connectivity index (χ3n) is 5.78. The average Bonchev–Trinajstić information content (AvgIpc) is 3.28. The van der Waals surface area contributed by atoms with Crippen LogP contribution in [-0.4, -0.2) is 69.2 Å². The van der Waals surface area contributed by atoms with Crippen LogP contribution in [0.2, 0.25) is 5.02 Å². The molecule has 7 nitrogen and oxygen atoms in total. The predicted molar refractivity (Wildman–Crippen MR) is 134 cm³/mol. The molecule has 0 atom stereocenters. The smallest absolute Gasteiger partial charge is 0.221 e. The third kappa shape index (κ3) is 5.84. The maximum absolute atomic E-state index is 12.3. The van der Waals surface area contributed by atoms with Crippen molar-refractivity contribution in [3.63, 3.8) is 0 Å². The highest BCUT2D eigenvalue weighted by Gasteiger charge is 2.21. The molecule has 33 heavy (non-hydrogen) atoms. The van der Waals surface area contributed by atoms with E-state index in [2.05, 4.69) is 15.1 Å². The van der Waals surface area contributed by atoms with Gasteiger partial charge in [0.25, 0.3) is 0 Å². The number of benzene rings is 2. The van der Waals surface area contributed by atoms with E-state index in [4.69, 9.17) is 16.6 Å². The van der Waals surface area contributed by atoms with Crippen LogP contribution in [-0.2, 0) is 14.6 Å². The lowest BCUT2D eigenvalue weighted by Gasteiger charge is -2.34. The van der Waals surface area contributed by atoms with Crippen molar-refractivity contribution in [2.45, 2.75) is 18.2 Å². The van der Waals surface area contributed by atoms with E-state index in [1.54, 1.807) is 41.7 Å². The van der Waals surface area contributed by atoms with Crippen LogP contribution in [0.25, 0.3) is 10.2 Å². The number of thiazole rings is 1. The highest BCUT2D eigenvalue weighted by Crippen LogP contribution is 2.35. The van der Waals surface area contributed by atoms with Crippen molar-refractivity contribution in [1.82, 2.24) is 15.2 Å². The molecule has 1 N–H and O–H groups in total. The van der Waals surface area contributed by atoms with Gasteiger partial charge in [0, 0.05) is 45.7 Å². The molecular weight excluding hydrogens is 480 g/mol. The van der Waals surface area contributed by atoms with Gasteiger partial charge in [-0.2, -0.15) is 0 Å². The highest BCUT2D eigenvalue weighted by molar-refractivity contribution is 7.91. The van der Waals surface area contributed by atoms with Crippen molar-refractivity contribution in [2.75, 3.05) is 49.9 Å². The van der Waals surface area contributed by atoms with Gasteiger partial charge in [-0.05, 0) is 30.7 Å². The molecule has 0 radical (unpaired) electrons. The van der Waals surface area contributed by atoms with Crippen LogP contribution < -0.4 is 10.2 Å². The van der Waals surface area contributed by atoms with E-state index in [1.807, 2.05) is 19.1 Å². The maximum Gasteiger partial charge on any atom is 0.221 e. The molecule has 1 aliphatic rings. The zero-order chi connectivity index (χ0) is 23.4. The van der Waals surface area contributed by atoms with Crippen molar-refractivity contribution < 1.29 is 13.2 Å². The van der Waals surface area contributed by atoms with E-state index in [9.17, 15) is 13.2 Å². The molecule has 4 rings (SSSR count). The Kier molecular flexibility index (Phi) is 7.53. The third-order valence-corrected chi connectivity index (χ3v) is 9.09. The molecule has 0 unspecified atom stereocenters. The Labute approximate surface area is 203 Å². The molecule has 0 aliphatic carbocycles. The molecule has 1 aliphatic heterocycles. The quantitative estimate of drug-likeness (QED) is 0.504. The molecule has 10 heteroatoms. The number of anilines is 1. The highest BCUT2D eigenvalue weighted by atomic mass is 35.5. The second kappa shape index (κ2) is 10.4. The first-order chi connectivity index (χ1) is 15.8. The second-order valence-corrected chi connectivity index (χ2v) is 11.6. The monoisotopic (exact) mass is 506 g/mol. The lowest BCUT2D eigenvalue weighted by molar-refractivity contribution is -0.120. The van der Waals surface area contributed by atoms with Gasteiger partial charge >= 0.3 is 0 Å². The van der Waals surface area contributed by atoms with Crippen LogP contribution in [0.1, 0.15) is 12.0 Å². The Hall–Kier alpha value is -2.20. The van der Waals surface area contributed by atoms with Crippen LogP contribution >= 0.6 is 22.9 Å². The van der Waals surface area contributed by atoms with E-state index < -0.39 is 9.84 Å². The zero-order valence-electron chi connectivity index (χ0n) is 18.5. The normalized spacial score (nSPS) is 15.2. The summed E-state index contributed by atoms with van der Waals surface area (Å²) in [5.74, 6) is -0.428. The van der Waals surface area contributed by atoms with Crippen LogP contribution in [0.4, 0.5) is 5.13 Å². The molecule has 0 bridgehead atoms. The number of carbonyl (C=O) groups excluding carboxylic acids is 1. The first-order valence-corrected chi connectivity index (χ1v) is 13.8. The predicted octanol–water partition coefficient (Wildman–Crippen LogP) is 3.36. The summed E-state index contributed by atoms with van der Waals surface area (Å²) in [6, 6.07) is 12.1. The van der Waals surface area contributed by atoms with E-state index in [0.717, 1.165) is 58.7 Å². The van der Waals surface area contributed by atoms with E-state index in [1.165, 1.54) is 0 Å². The molecule has 176 valence electrons. The number of nitrogens with zero attached hydrogens (tertiary/aromatic N) is 3. The second-order valence-electron chi connectivity index (χ2n) is 8.10. The number of aromatic nitrogens is 1. The first kappa shape index (κ1) is 23.9. The maximum atomic E-state index is 12.3. The molecule has 2 heterocycles. The number of halogens is 1. The van der Waals surface area contributed by atoms with Crippen LogP contribution in [0, 0.1) is 6.92 Å². The topological polar surface area (TPSA) is 82.6 Å². The van der Waals surface area contributed by atoms with Gasteiger partial charge < -0.3 is 10.2 Å². The largest absolute Gasteiger partial charge is 0.355 e. The van der Waals surface area contributed by atoms with Crippen molar-refractivity contribution in [3.05, 3.63) is 53.1 Å². The number of rotatable bonds is 8. The molecular formula is C23H27ClN4O3S2. The number of sulfone groups is 1. The molecule has 1 saturated heterocycles. The molecule has 1 aromatic heterocycles. The van der Waals surface area contributed by atoms with Gasteiger partial charge in [-0.3, -0.25) is 9.69 Å². The number of aryl methyl sites for hydroxylation is 1. The molecule has 1 amide bonds. The minimum absolute atomic E-state index is 0.0371. The summed E-state index contributed by atoms with van der Waals surface area (Å²) < 4.78 is 25.6. The fourth-order valence-corrected chi connectivity index (χ4v) is 6.43. The fourth-order valence-electron chi connectivity index (χ4n) is 3.80. The Balaban J connectivity index is 1.20. The summed E-state index contributed by atoms with van der Waals surface area (Å²) in [5, 5.41) is 4.58. The molecule has 1 fully saturated rings. The number of piperazine rings is 1. The lowest BCUT2D eigenvalue weighted by atomic mass is 10.2. The van der Waals surface area contributed by atoms with Gasteiger partial charge in [0.2, 0.25) is 5.91 Å². The lowest BCUT2D eigenvalue weighted by Crippen LogP contribution is -2.48. The summed E-state index contributed by atoms with van der Waals surface area (Å²) in [4.78, 5) is 21.8. The SMILES string of the molecule is Cc1ccc(Cl)c2sc(N3CCN(CCNC(=O)CCS(=O)(=O)c4ccccc4)CC3)nc12.